The van der Waals surface area contributed by atoms with Crippen LogP contribution in [0.3, 0.4) is 0 Å². The Morgan fingerprint density at radius 2 is 1.90 bits per heavy atom. The van der Waals surface area contributed by atoms with Gasteiger partial charge in [-0.1, -0.05) is 13.0 Å². The van der Waals surface area contributed by atoms with Crippen molar-refractivity contribution in [2.24, 2.45) is 5.92 Å². The molecule has 0 atom stereocenters. The number of likely N-dealkylation sites (tertiary alicyclic amines) is 1. The van der Waals surface area contributed by atoms with Crippen molar-refractivity contribution in [2.75, 3.05) is 37.4 Å². The first-order chi connectivity index (χ1) is 9.97. The van der Waals surface area contributed by atoms with E-state index in [1.807, 2.05) is 37.2 Å². The van der Waals surface area contributed by atoms with E-state index in [-0.39, 0.29) is 0 Å². The molecular weight excluding hydrogens is 266 g/mol. The molecule has 5 heteroatoms. The monoisotopic (exact) mass is 289 g/mol. The van der Waals surface area contributed by atoms with Gasteiger partial charge in [0.2, 0.25) is 0 Å². The number of nitrogens with one attached hydrogen (secondary N) is 1. The van der Waals surface area contributed by atoms with Crippen LogP contribution in [0.2, 0.25) is 0 Å². The smallest absolute Gasteiger partial charge is 0.313 e. The van der Waals surface area contributed by atoms with Gasteiger partial charge in [-0.15, -0.1) is 0 Å². The molecule has 0 bridgehead atoms. The van der Waals surface area contributed by atoms with Gasteiger partial charge in [0.25, 0.3) is 0 Å². The molecule has 1 heterocycles. The topological polar surface area (TPSA) is 52.7 Å². The van der Waals surface area contributed by atoms with Crippen molar-refractivity contribution in [3.63, 3.8) is 0 Å². The third-order valence-corrected chi connectivity index (χ3v) is 3.89. The first-order valence-electron chi connectivity index (χ1n) is 7.35. The third-order valence-electron chi connectivity index (χ3n) is 3.89. The van der Waals surface area contributed by atoms with Gasteiger partial charge in [-0.2, -0.15) is 0 Å². The Morgan fingerprint density at radius 3 is 2.52 bits per heavy atom. The van der Waals surface area contributed by atoms with Crippen LogP contribution in [0.1, 0.15) is 19.8 Å². The van der Waals surface area contributed by atoms with Gasteiger partial charge in [0.15, 0.2) is 0 Å². The lowest BCUT2D eigenvalue weighted by molar-refractivity contribution is -0.144. The van der Waals surface area contributed by atoms with E-state index in [1.165, 1.54) is 0 Å². The summed E-state index contributed by atoms with van der Waals surface area (Å²) >= 11 is 0. The molecular formula is C16H23N3O2. The van der Waals surface area contributed by atoms with Crippen molar-refractivity contribution >= 4 is 23.2 Å². The zero-order valence-corrected chi connectivity index (χ0v) is 12.9. The summed E-state index contributed by atoms with van der Waals surface area (Å²) < 4.78 is 0. The van der Waals surface area contributed by atoms with Gasteiger partial charge in [0.05, 0.1) is 0 Å². The molecule has 0 radical (unpaired) electrons. The molecule has 1 aromatic carbocycles. The first-order valence-corrected chi connectivity index (χ1v) is 7.35. The third kappa shape index (κ3) is 3.97. The highest BCUT2D eigenvalue weighted by molar-refractivity contribution is 6.39. The molecule has 0 aliphatic carbocycles. The van der Waals surface area contributed by atoms with Crippen molar-refractivity contribution in [3.05, 3.63) is 24.3 Å². The Bertz CT molecular complexity index is 520. The van der Waals surface area contributed by atoms with Gasteiger partial charge in [-0.25, -0.2) is 0 Å². The lowest BCUT2D eigenvalue weighted by Gasteiger charge is -2.29. The summed E-state index contributed by atoms with van der Waals surface area (Å²) in [5, 5.41) is 2.69. The average Bonchev–Trinajstić information content (AvgIpc) is 2.47. The Balaban J connectivity index is 1.97. The van der Waals surface area contributed by atoms with Crippen LogP contribution in [-0.2, 0) is 9.59 Å². The molecule has 0 aromatic heterocycles. The van der Waals surface area contributed by atoms with E-state index in [4.69, 9.17) is 0 Å². The highest BCUT2D eigenvalue weighted by Crippen LogP contribution is 2.19. The van der Waals surface area contributed by atoms with Crippen molar-refractivity contribution in [1.29, 1.82) is 0 Å². The molecule has 1 aliphatic rings. The van der Waals surface area contributed by atoms with E-state index in [1.54, 1.807) is 11.0 Å². The molecule has 1 fully saturated rings. The zero-order chi connectivity index (χ0) is 15.4. The van der Waals surface area contributed by atoms with Crippen LogP contribution >= 0.6 is 0 Å². The predicted molar refractivity (Wildman–Crippen MR) is 84.4 cm³/mol. The van der Waals surface area contributed by atoms with Crippen LogP contribution in [-0.4, -0.2) is 43.9 Å². The van der Waals surface area contributed by atoms with E-state index in [9.17, 15) is 9.59 Å². The maximum absolute atomic E-state index is 12.1. The van der Waals surface area contributed by atoms with Crippen LogP contribution in [0.15, 0.2) is 24.3 Å². The molecule has 0 unspecified atom stereocenters. The Morgan fingerprint density at radius 1 is 1.24 bits per heavy atom. The standard InChI is InChI=1S/C16H23N3O2/c1-12-7-9-19(10-8-12)16(21)15(20)17-13-5-4-6-14(11-13)18(2)3/h4-6,11-12H,7-10H2,1-3H3,(H,17,20). The quantitative estimate of drug-likeness (QED) is 0.847. The number of nitrogens with zero attached hydrogens (tertiary/aromatic N) is 2. The number of hydrogen-bond acceptors (Lipinski definition) is 3. The maximum Gasteiger partial charge on any atom is 0.313 e. The summed E-state index contributed by atoms with van der Waals surface area (Å²) in [4.78, 5) is 27.8. The first kappa shape index (κ1) is 15.4. The van der Waals surface area contributed by atoms with Gasteiger partial charge in [0.1, 0.15) is 0 Å². The Labute approximate surface area is 125 Å². The van der Waals surface area contributed by atoms with Crippen LogP contribution < -0.4 is 10.2 Å². The molecule has 1 saturated heterocycles. The summed E-state index contributed by atoms with van der Waals surface area (Å²) in [6.07, 6.45) is 1.93. The largest absolute Gasteiger partial charge is 0.378 e. The predicted octanol–water partition coefficient (Wildman–Crippen LogP) is 1.95. The fourth-order valence-corrected chi connectivity index (χ4v) is 2.40. The Hall–Kier alpha value is -2.04. The van der Waals surface area contributed by atoms with E-state index in [2.05, 4.69) is 12.2 Å². The van der Waals surface area contributed by atoms with Gasteiger partial charge >= 0.3 is 11.8 Å². The van der Waals surface area contributed by atoms with Crippen LogP contribution in [0.4, 0.5) is 11.4 Å². The number of hydrogen-bond donors (Lipinski definition) is 1. The number of piperidine rings is 1. The second-order valence-corrected chi connectivity index (χ2v) is 5.87. The van der Waals surface area contributed by atoms with Crippen LogP contribution in [0, 0.1) is 5.92 Å². The molecule has 2 rings (SSSR count). The molecule has 1 aliphatic heterocycles. The van der Waals surface area contributed by atoms with Crippen molar-refractivity contribution in [2.45, 2.75) is 19.8 Å². The lowest BCUT2D eigenvalue weighted by atomic mass is 9.99. The molecule has 0 saturated carbocycles. The zero-order valence-electron chi connectivity index (χ0n) is 12.9. The van der Waals surface area contributed by atoms with Crippen LogP contribution in [0.25, 0.3) is 0 Å². The summed E-state index contributed by atoms with van der Waals surface area (Å²) in [5.41, 5.74) is 1.62. The highest BCUT2D eigenvalue weighted by Gasteiger charge is 2.25. The summed E-state index contributed by atoms with van der Waals surface area (Å²) in [5.74, 6) is -0.355. The van der Waals surface area contributed by atoms with E-state index in [0.29, 0.717) is 24.7 Å². The molecule has 0 spiro atoms. The normalized spacial score (nSPS) is 15.7. The van der Waals surface area contributed by atoms with Gasteiger partial charge < -0.3 is 15.1 Å². The second-order valence-electron chi connectivity index (χ2n) is 5.87. The van der Waals surface area contributed by atoms with Crippen molar-refractivity contribution in [1.82, 2.24) is 4.90 Å². The summed E-state index contributed by atoms with van der Waals surface area (Å²) in [6, 6.07) is 7.45. The van der Waals surface area contributed by atoms with Gasteiger partial charge in [-0.3, -0.25) is 9.59 Å². The fourth-order valence-electron chi connectivity index (χ4n) is 2.40. The van der Waals surface area contributed by atoms with Crippen molar-refractivity contribution < 1.29 is 9.59 Å². The number of benzene rings is 1. The molecule has 1 N–H and O–H groups in total. The maximum atomic E-state index is 12.1. The van der Waals surface area contributed by atoms with E-state index >= 15 is 0 Å². The van der Waals surface area contributed by atoms with Gasteiger partial charge in [0, 0.05) is 38.6 Å². The van der Waals surface area contributed by atoms with Crippen molar-refractivity contribution in [3.8, 4) is 0 Å². The number of amides is 2. The molecule has 114 valence electrons. The van der Waals surface area contributed by atoms with Crippen LogP contribution in [0.5, 0.6) is 0 Å². The minimum absolute atomic E-state index is 0.433. The number of carbonyl (C=O) groups is 2. The minimum atomic E-state index is -0.555. The Kier molecular flexibility index (Phi) is 4.83. The van der Waals surface area contributed by atoms with E-state index in [0.717, 1.165) is 18.5 Å². The molecule has 21 heavy (non-hydrogen) atoms. The fraction of sp³-hybridized carbons (Fsp3) is 0.500. The van der Waals surface area contributed by atoms with E-state index < -0.39 is 11.8 Å². The number of anilines is 2. The summed E-state index contributed by atoms with van der Waals surface area (Å²) in [6.45, 7) is 3.52. The molecule has 2 amide bonds. The minimum Gasteiger partial charge on any atom is -0.378 e. The highest BCUT2D eigenvalue weighted by atomic mass is 16.2. The molecule has 5 nitrogen and oxygen atoms in total. The van der Waals surface area contributed by atoms with Gasteiger partial charge in [-0.05, 0) is 37.0 Å². The number of rotatable bonds is 2. The average molecular weight is 289 g/mol. The second kappa shape index (κ2) is 6.61. The lowest BCUT2D eigenvalue weighted by Crippen LogP contribution is -2.43. The SMILES string of the molecule is CC1CCN(C(=O)C(=O)Nc2cccc(N(C)C)c2)CC1. The summed E-state index contributed by atoms with van der Waals surface area (Å²) in [7, 11) is 3.86. The molecule has 1 aromatic rings. The number of carbonyl (C=O) groups excluding carboxylic acids is 2.